The second-order valence-corrected chi connectivity index (χ2v) is 31.0. The van der Waals surface area contributed by atoms with Crippen LogP contribution in [0.1, 0.15) is 0 Å². The first kappa shape index (κ1) is 65.1. The van der Waals surface area contributed by atoms with Crippen LogP contribution in [0.15, 0.2) is 376 Å². The lowest BCUT2D eigenvalue weighted by molar-refractivity contribution is 1.07. The normalized spacial score (nSPS) is 11.9. The van der Waals surface area contributed by atoms with Crippen LogP contribution in [0.25, 0.3) is 219 Å². The quantitative estimate of drug-likeness (QED) is 0.135. The van der Waals surface area contributed by atoms with Crippen molar-refractivity contribution in [3.8, 4) is 91.1 Å². The molecule has 0 unspecified atom stereocenters. The van der Waals surface area contributed by atoms with Crippen molar-refractivity contribution in [3.63, 3.8) is 0 Å². The average molecular weight is 1490 g/mol. The third kappa shape index (κ3) is 10.6. The van der Waals surface area contributed by atoms with E-state index in [9.17, 15) is 0 Å². The first-order valence-electron chi connectivity index (χ1n) is 38.2. The fourth-order valence-corrected chi connectivity index (χ4v) is 19.4. The van der Waals surface area contributed by atoms with Crippen molar-refractivity contribution in [3.05, 3.63) is 376 Å². The van der Waals surface area contributed by atoms with Crippen LogP contribution in [-0.2, 0) is 0 Å². The van der Waals surface area contributed by atoms with E-state index in [4.69, 9.17) is 29.9 Å². The molecule has 0 amide bonds. The van der Waals surface area contributed by atoms with E-state index in [2.05, 4.69) is 358 Å². The van der Waals surface area contributed by atoms with E-state index in [1.807, 2.05) is 47.7 Å². The summed E-state index contributed by atoms with van der Waals surface area (Å²) in [4.78, 5) is 30.7. The Bertz CT molecular complexity index is 7970. The number of hydrogen-bond donors (Lipinski definition) is 0. The summed E-state index contributed by atoms with van der Waals surface area (Å²) in [7, 11) is 0. The zero-order valence-electron chi connectivity index (χ0n) is 61.1. The summed E-state index contributed by atoms with van der Waals surface area (Å²) in [6.45, 7) is 0. The molecule has 24 rings (SSSR count). The lowest BCUT2D eigenvalue weighted by Gasteiger charge is -2.14. The van der Waals surface area contributed by atoms with E-state index in [0.717, 1.165) is 72.7 Å². The van der Waals surface area contributed by atoms with Gasteiger partial charge in [0.1, 0.15) is 0 Å². The number of thiophene rings is 2. The van der Waals surface area contributed by atoms with Crippen molar-refractivity contribution in [2.45, 2.75) is 0 Å². The molecule has 8 heterocycles. The minimum Gasteiger partial charge on any atom is -0.307 e. The molecule has 0 radical (unpaired) electrons. The van der Waals surface area contributed by atoms with Gasteiger partial charge in [0, 0.05) is 140 Å². The number of hydrogen-bond acceptors (Lipinski definition) is 8. The molecule has 532 valence electrons. The molecule has 0 bridgehead atoms. The summed E-state index contributed by atoms with van der Waals surface area (Å²) in [5.74, 6) is 3.85. The third-order valence-corrected chi connectivity index (χ3v) is 24.6. The van der Waals surface area contributed by atoms with Gasteiger partial charge in [0.25, 0.3) is 0 Å². The minimum atomic E-state index is 0.625. The topological polar surface area (TPSA) is 97.1 Å². The van der Waals surface area contributed by atoms with Gasteiger partial charge in [-0.15, -0.1) is 22.7 Å². The Kier molecular flexibility index (Phi) is 15.1. The van der Waals surface area contributed by atoms with Gasteiger partial charge in [-0.25, -0.2) is 29.9 Å². The lowest BCUT2D eigenvalue weighted by atomic mass is 10.1. The van der Waals surface area contributed by atoms with Crippen molar-refractivity contribution in [2.75, 3.05) is 0 Å². The van der Waals surface area contributed by atoms with Crippen LogP contribution < -0.4 is 0 Å². The van der Waals surface area contributed by atoms with Gasteiger partial charge in [0.05, 0.1) is 44.1 Å². The highest BCUT2D eigenvalue weighted by Crippen LogP contribution is 2.46. The number of rotatable bonds is 10. The Balaban J connectivity index is 0.000000135. The monoisotopic (exact) mass is 1490 g/mol. The van der Waals surface area contributed by atoms with Gasteiger partial charge in [0.2, 0.25) is 0 Å². The molecule has 0 atom stereocenters. The maximum atomic E-state index is 5.22. The van der Waals surface area contributed by atoms with Crippen LogP contribution in [0, 0.1) is 0 Å². The number of aromatic nitrogens is 10. The number of fused-ring (bicyclic) bond motifs is 20. The SMILES string of the molecule is c1ccc(-c2nc(-c3ccc(-n4c5ccccc5c5ccc6c7ccccc7n(-c7ccccc7)c6c54)cc3)nc(-c3ccc4c(c3)sc3ccccc34)n2)cc1.c1ccc(-c2nc(-c3cccc(-n4c5ccccc5c5ccc6c7ccccc7n(-c7ccccc7)c6c54)c3)nc(-c3ccc4sc5ccccc5c4c3)n2)cc1. The molecule has 16 aromatic carbocycles. The van der Waals surface area contributed by atoms with Crippen LogP contribution >= 0.6 is 22.7 Å². The predicted octanol–water partition coefficient (Wildman–Crippen LogP) is 26.9. The molecule has 8 aromatic heterocycles. The lowest BCUT2D eigenvalue weighted by Crippen LogP contribution is -2.01. The maximum absolute atomic E-state index is 5.22. The van der Waals surface area contributed by atoms with Gasteiger partial charge in [-0.1, -0.05) is 255 Å². The van der Waals surface area contributed by atoms with E-state index in [0.29, 0.717) is 34.9 Å². The number of para-hydroxylation sites is 6. The molecular weight excluding hydrogens is 1430 g/mol. The summed E-state index contributed by atoms with van der Waals surface area (Å²) in [5, 5.41) is 14.7. The van der Waals surface area contributed by atoms with Crippen LogP contribution in [0.3, 0.4) is 0 Å². The fourth-order valence-electron chi connectivity index (χ4n) is 17.2. The highest BCUT2D eigenvalue weighted by molar-refractivity contribution is 7.26. The smallest absolute Gasteiger partial charge is 0.164 e. The summed E-state index contributed by atoms with van der Waals surface area (Å²) >= 11 is 3.61. The number of nitrogens with zero attached hydrogens (tertiary/aromatic N) is 10. The van der Waals surface area contributed by atoms with E-state index in [1.165, 1.54) is 111 Å². The van der Waals surface area contributed by atoms with Crippen molar-refractivity contribution in [1.82, 2.24) is 48.2 Å². The molecule has 24 aromatic rings. The Hall–Kier alpha value is -14.8. The van der Waals surface area contributed by atoms with Gasteiger partial charge in [0.15, 0.2) is 34.9 Å². The maximum Gasteiger partial charge on any atom is 0.164 e. The van der Waals surface area contributed by atoms with Crippen molar-refractivity contribution in [2.24, 2.45) is 0 Å². The minimum absolute atomic E-state index is 0.625. The molecule has 0 aliphatic carbocycles. The van der Waals surface area contributed by atoms with E-state index < -0.39 is 0 Å². The Morgan fingerprint density at radius 3 is 0.877 bits per heavy atom. The first-order chi connectivity index (χ1) is 56.5. The van der Waals surface area contributed by atoms with E-state index >= 15 is 0 Å². The van der Waals surface area contributed by atoms with E-state index in [1.54, 1.807) is 11.3 Å². The van der Waals surface area contributed by atoms with Crippen LogP contribution in [0.2, 0.25) is 0 Å². The van der Waals surface area contributed by atoms with Crippen molar-refractivity contribution < 1.29 is 0 Å². The second-order valence-electron chi connectivity index (χ2n) is 28.9. The van der Waals surface area contributed by atoms with Gasteiger partial charge >= 0.3 is 0 Å². The Labute approximate surface area is 661 Å². The highest BCUT2D eigenvalue weighted by Gasteiger charge is 2.26. The van der Waals surface area contributed by atoms with Crippen molar-refractivity contribution >= 4 is 150 Å². The molecule has 0 N–H and O–H groups in total. The summed E-state index contributed by atoms with van der Waals surface area (Å²) in [5.41, 5.74) is 19.4. The summed E-state index contributed by atoms with van der Waals surface area (Å²) < 4.78 is 14.7. The Morgan fingerprint density at radius 1 is 0.158 bits per heavy atom. The highest BCUT2D eigenvalue weighted by atomic mass is 32.1. The molecule has 114 heavy (non-hydrogen) atoms. The molecule has 0 aliphatic heterocycles. The van der Waals surface area contributed by atoms with Gasteiger partial charge < -0.3 is 18.3 Å². The molecule has 12 heteroatoms. The molecular formula is C102H62N10S2. The standard InChI is InChI=1S/2C51H31N5S/c1-3-14-32(15-4-1)49-52-50(54-51(53-49)34-26-29-46-42(31-34)39-22-9-12-25-45(39)57-46)33-16-13-19-36(30-33)56-44-24-11-8-21-38(44)41-28-27-40-37-20-7-10-23-43(37)55(47(40)48(41)56)35-17-5-2-6-18-35;1-3-13-32(14-4-1)49-52-50(54-51(53-49)34-25-28-40-39-19-9-12-22-45(39)57-46(40)31-34)33-23-26-36(27-24-33)56-44-21-11-8-18-38(44)42-30-29-41-37-17-7-10-20-43(37)55(47(41)48(42)56)35-15-5-2-6-16-35/h2*1-31H. The molecule has 0 aliphatic rings. The molecule has 0 spiro atoms. The van der Waals surface area contributed by atoms with Gasteiger partial charge in [-0.3, -0.25) is 0 Å². The fraction of sp³-hybridized carbons (Fsp3) is 0. The Morgan fingerprint density at radius 2 is 0.430 bits per heavy atom. The molecule has 0 saturated heterocycles. The van der Waals surface area contributed by atoms with Crippen LogP contribution in [0.5, 0.6) is 0 Å². The van der Waals surface area contributed by atoms with E-state index in [-0.39, 0.29) is 0 Å². The number of benzene rings is 16. The molecule has 0 saturated carbocycles. The molecule has 10 nitrogen and oxygen atoms in total. The van der Waals surface area contributed by atoms with Gasteiger partial charge in [-0.05, 0) is 121 Å². The zero-order valence-corrected chi connectivity index (χ0v) is 62.7. The van der Waals surface area contributed by atoms with Gasteiger partial charge in [-0.2, -0.15) is 0 Å². The van der Waals surface area contributed by atoms with Crippen LogP contribution in [-0.4, -0.2) is 48.2 Å². The van der Waals surface area contributed by atoms with Crippen LogP contribution in [0.4, 0.5) is 0 Å². The average Bonchev–Trinajstić information content (AvgIpc) is 1.55. The summed E-state index contributed by atoms with van der Waals surface area (Å²) in [6.07, 6.45) is 0. The second kappa shape index (κ2) is 26.5. The van der Waals surface area contributed by atoms with Crippen molar-refractivity contribution in [1.29, 1.82) is 0 Å². The summed E-state index contributed by atoms with van der Waals surface area (Å²) in [6, 6.07) is 133. The predicted molar refractivity (Wildman–Crippen MR) is 475 cm³/mol. The largest absolute Gasteiger partial charge is 0.307 e. The molecule has 0 fully saturated rings. The third-order valence-electron chi connectivity index (χ3n) is 22.3. The first-order valence-corrected chi connectivity index (χ1v) is 39.9. The zero-order chi connectivity index (χ0) is 74.9.